The average Bonchev–Trinajstić information content (AvgIpc) is 3.45. The van der Waals surface area contributed by atoms with Gasteiger partial charge in [-0.3, -0.25) is 0 Å². The van der Waals surface area contributed by atoms with E-state index in [0.29, 0.717) is 48.0 Å². The van der Waals surface area contributed by atoms with Crippen molar-refractivity contribution >= 4 is 17.4 Å². The number of hydrogen-bond acceptors (Lipinski definition) is 8. The van der Waals surface area contributed by atoms with Crippen molar-refractivity contribution in [2.75, 3.05) is 31.2 Å². The molecule has 2 atom stereocenters. The number of aryl methyl sites for hydroxylation is 1. The first-order valence-electron chi connectivity index (χ1n) is 17.0. The van der Waals surface area contributed by atoms with Gasteiger partial charge in [-0.25, -0.2) is 14.2 Å². The van der Waals surface area contributed by atoms with Crippen molar-refractivity contribution in [3.63, 3.8) is 0 Å². The quantitative estimate of drug-likeness (QED) is 0.205. The predicted octanol–water partition coefficient (Wildman–Crippen LogP) is 7.87. The fraction of sp³-hybridized carbons (Fsp3) is 0.500. The summed E-state index contributed by atoms with van der Waals surface area (Å²) in [7, 11) is 0. The number of esters is 1. The second kappa shape index (κ2) is 13.5. The van der Waals surface area contributed by atoms with Crippen molar-refractivity contribution < 1.29 is 28.1 Å². The van der Waals surface area contributed by atoms with Crippen LogP contribution in [0.1, 0.15) is 84.6 Å². The van der Waals surface area contributed by atoms with Crippen molar-refractivity contribution in [3.8, 4) is 28.1 Å². The Morgan fingerprint density at radius 3 is 2.60 bits per heavy atom. The van der Waals surface area contributed by atoms with Crippen LogP contribution in [-0.2, 0) is 19.0 Å². The number of fused-ring (bicyclic) bond motifs is 7. The highest BCUT2D eigenvalue weighted by Gasteiger charge is 2.38. The molecule has 3 aliphatic rings. The Kier molecular flexibility index (Phi) is 9.51. The summed E-state index contributed by atoms with van der Waals surface area (Å²) >= 11 is 0. The zero-order valence-corrected chi connectivity index (χ0v) is 29.1. The number of halogens is 1. The summed E-state index contributed by atoms with van der Waals surface area (Å²) in [4.78, 5) is 20.8. The van der Waals surface area contributed by atoms with Crippen LogP contribution in [0.25, 0.3) is 28.0 Å². The minimum Gasteiger partial charge on any atom is -0.490 e. The van der Waals surface area contributed by atoms with Crippen molar-refractivity contribution in [2.24, 2.45) is 0 Å². The Hall–Kier alpha value is -4.02. The molecule has 5 heterocycles. The van der Waals surface area contributed by atoms with E-state index in [2.05, 4.69) is 11.8 Å². The van der Waals surface area contributed by atoms with E-state index in [4.69, 9.17) is 29.0 Å². The molecule has 1 saturated heterocycles. The summed E-state index contributed by atoms with van der Waals surface area (Å²) in [6.45, 7) is 15.9. The highest BCUT2D eigenvalue weighted by Crippen LogP contribution is 2.40. The lowest BCUT2D eigenvalue weighted by molar-refractivity contribution is -0.166. The molecule has 256 valence electrons. The molecular formula is C38H47FN4O5. The molecule has 0 amide bonds. The van der Waals surface area contributed by atoms with Gasteiger partial charge in [-0.15, -0.1) is 0 Å². The SMILES string of the molecule is CCOC(=O)[C@@H](OC(C)(C)C)c1c(C)nc2cc3nn2c1N1CCC(C)(CC1)OCCC[C@H](C)Oc1cc(F)ccc1-c1cccc-3c1. The van der Waals surface area contributed by atoms with E-state index in [1.165, 1.54) is 12.1 Å². The van der Waals surface area contributed by atoms with Gasteiger partial charge < -0.3 is 23.8 Å². The monoisotopic (exact) mass is 658 g/mol. The molecule has 1 fully saturated rings. The van der Waals surface area contributed by atoms with Gasteiger partial charge in [-0.1, -0.05) is 18.2 Å². The number of carbonyl (C=O) groups excluding carboxylic acids is 1. The third-order valence-electron chi connectivity index (χ3n) is 9.11. The maximum Gasteiger partial charge on any atom is 0.340 e. The van der Waals surface area contributed by atoms with Crippen LogP contribution in [0.2, 0.25) is 0 Å². The lowest BCUT2D eigenvalue weighted by Crippen LogP contribution is -2.46. The van der Waals surface area contributed by atoms with Crippen LogP contribution in [0.5, 0.6) is 5.75 Å². The maximum absolute atomic E-state index is 14.5. The van der Waals surface area contributed by atoms with E-state index in [1.54, 1.807) is 13.0 Å². The summed E-state index contributed by atoms with van der Waals surface area (Å²) in [6.07, 6.45) is 2.03. The minimum absolute atomic E-state index is 0.125. The first kappa shape index (κ1) is 33.9. The Bertz CT molecular complexity index is 1790. The van der Waals surface area contributed by atoms with Gasteiger partial charge in [0.25, 0.3) is 0 Å². The van der Waals surface area contributed by atoms with E-state index in [-0.39, 0.29) is 24.1 Å². The molecule has 7 rings (SSSR count). The summed E-state index contributed by atoms with van der Waals surface area (Å²) in [5.41, 5.74) is 4.31. The first-order chi connectivity index (χ1) is 22.8. The van der Waals surface area contributed by atoms with Crippen LogP contribution in [-0.4, -0.2) is 64.2 Å². The van der Waals surface area contributed by atoms with Crippen molar-refractivity contribution in [3.05, 3.63) is 65.6 Å². The summed E-state index contributed by atoms with van der Waals surface area (Å²) in [5, 5.41) is 5.13. The number of ether oxygens (including phenoxy) is 4. The molecule has 0 N–H and O–H groups in total. The predicted molar refractivity (Wildman–Crippen MR) is 184 cm³/mol. The van der Waals surface area contributed by atoms with Gasteiger partial charge in [0.15, 0.2) is 11.8 Å². The van der Waals surface area contributed by atoms with E-state index in [1.807, 2.05) is 69.5 Å². The maximum atomic E-state index is 14.5. The second-order valence-corrected chi connectivity index (χ2v) is 14.2. The molecule has 9 nitrogen and oxygen atoms in total. The Morgan fingerprint density at radius 2 is 1.88 bits per heavy atom. The largest absolute Gasteiger partial charge is 0.490 e. The third kappa shape index (κ3) is 7.20. The lowest BCUT2D eigenvalue weighted by atomic mass is 9.92. The number of nitrogens with zero attached hydrogens (tertiary/aromatic N) is 4. The average molecular weight is 659 g/mol. The first-order valence-corrected chi connectivity index (χ1v) is 17.0. The molecule has 10 heteroatoms. The minimum atomic E-state index is -1.00. The highest BCUT2D eigenvalue weighted by molar-refractivity contribution is 5.81. The smallest absolute Gasteiger partial charge is 0.340 e. The van der Waals surface area contributed by atoms with E-state index < -0.39 is 17.7 Å². The molecule has 0 radical (unpaired) electrons. The second-order valence-electron chi connectivity index (χ2n) is 14.2. The fourth-order valence-corrected chi connectivity index (χ4v) is 6.64. The van der Waals surface area contributed by atoms with Gasteiger partial charge in [0.1, 0.15) is 17.4 Å². The molecule has 0 spiro atoms. The topological polar surface area (TPSA) is 87.4 Å². The fourth-order valence-electron chi connectivity index (χ4n) is 6.64. The van der Waals surface area contributed by atoms with E-state index in [0.717, 1.165) is 48.2 Å². The van der Waals surface area contributed by atoms with Gasteiger partial charge in [0, 0.05) is 48.6 Å². The number of aromatic nitrogens is 3. The van der Waals surface area contributed by atoms with Crippen molar-refractivity contribution in [1.82, 2.24) is 14.6 Å². The van der Waals surface area contributed by atoms with Crippen molar-refractivity contribution in [2.45, 2.75) is 97.6 Å². The van der Waals surface area contributed by atoms with E-state index >= 15 is 0 Å². The Morgan fingerprint density at radius 1 is 1.12 bits per heavy atom. The van der Waals surface area contributed by atoms with Crippen LogP contribution in [0.4, 0.5) is 10.2 Å². The van der Waals surface area contributed by atoms with E-state index in [9.17, 15) is 9.18 Å². The molecule has 48 heavy (non-hydrogen) atoms. The van der Waals surface area contributed by atoms with Crippen LogP contribution in [0, 0.1) is 12.7 Å². The van der Waals surface area contributed by atoms with Gasteiger partial charge in [-0.05, 0) is 97.9 Å². The molecule has 4 aromatic rings. The van der Waals surface area contributed by atoms with Crippen LogP contribution < -0.4 is 9.64 Å². The molecule has 3 aliphatic heterocycles. The van der Waals surface area contributed by atoms with Crippen LogP contribution in [0.15, 0.2) is 48.5 Å². The lowest BCUT2D eigenvalue weighted by Gasteiger charge is -2.41. The number of piperidine rings is 1. The number of hydrogen-bond donors (Lipinski definition) is 0. The summed E-state index contributed by atoms with van der Waals surface area (Å²) in [6, 6.07) is 14.6. The summed E-state index contributed by atoms with van der Waals surface area (Å²) in [5.74, 6) is 0.463. The molecule has 2 aromatic carbocycles. The van der Waals surface area contributed by atoms with Crippen LogP contribution in [0.3, 0.4) is 0 Å². The number of anilines is 1. The molecule has 0 unspecified atom stereocenters. The zero-order valence-electron chi connectivity index (χ0n) is 29.1. The molecule has 2 aromatic heterocycles. The van der Waals surface area contributed by atoms with Crippen LogP contribution >= 0.6 is 0 Å². The van der Waals surface area contributed by atoms with Gasteiger partial charge in [-0.2, -0.15) is 9.61 Å². The number of rotatable bonds is 4. The summed E-state index contributed by atoms with van der Waals surface area (Å²) < 4.78 is 41.2. The molecular weight excluding hydrogens is 611 g/mol. The van der Waals surface area contributed by atoms with Gasteiger partial charge >= 0.3 is 5.97 Å². The Balaban J connectivity index is 1.55. The molecule has 0 aliphatic carbocycles. The normalized spacial score (nSPS) is 20.8. The standard InChI is InChI=1S/C38H47FN4O5/c1-8-45-36(44)34(48-37(4,5)6)33-25(3)40-32-23-30-27-13-9-12-26(21-27)29-15-14-28(39)22-31(29)47-24(2)11-10-20-46-38(7)16-18-42(19-17-38)35(33)43(32)41-30/h9,12-15,21-24,34H,8,10-11,16-20H2,1-7H3/t24-,34-/m0/s1. The molecule has 6 bridgehead atoms. The zero-order chi connectivity index (χ0) is 34.2. The highest BCUT2D eigenvalue weighted by atomic mass is 19.1. The molecule has 0 saturated carbocycles. The number of carbonyl (C=O) groups is 1. The number of benzene rings is 2. The van der Waals surface area contributed by atoms with Crippen molar-refractivity contribution in [1.29, 1.82) is 0 Å². The third-order valence-corrected chi connectivity index (χ3v) is 9.11. The van der Waals surface area contributed by atoms with Gasteiger partial charge in [0.2, 0.25) is 0 Å². The Labute approximate surface area is 282 Å². The van der Waals surface area contributed by atoms with Gasteiger partial charge in [0.05, 0.1) is 35.2 Å².